The van der Waals surface area contributed by atoms with Gasteiger partial charge >= 0.3 is 0 Å². The molecular formula is C18H22N4O3S. The fourth-order valence-electron chi connectivity index (χ4n) is 2.99. The molecule has 1 aromatic heterocycles. The highest BCUT2D eigenvalue weighted by Crippen LogP contribution is 2.23. The predicted octanol–water partition coefficient (Wildman–Crippen LogP) is 2.10. The fraction of sp³-hybridized carbons (Fsp3) is 0.389. The Morgan fingerprint density at radius 3 is 2.73 bits per heavy atom. The van der Waals surface area contributed by atoms with Crippen LogP contribution in [0.15, 0.2) is 30.6 Å². The first-order valence-electron chi connectivity index (χ1n) is 8.40. The van der Waals surface area contributed by atoms with Gasteiger partial charge in [0, 0.05) is 24.8 Å². The van der Waals surface area contributed by atoms with Crippen LogP contribution in [0.25, 0.3) is 0 Å². The standard InChI is InChI=1S/C18H22N4O3S/c1-12-5-4-6-15(13(12)2)21-17-9-16(19-11-20-17)18(23)22(3)14-7-8-26(24,25)10-14/h4-6,9,11,14H,7-8,10H2,1-3H3,(H,19,20,21). The smallest absolute Gasteiger partial charge is 0.272 e. The number of carbonyl (C=O) groups excluding carboxylic acids is 1. The Morgan fingerprint density at radius 1 is 1.27 bits per heavy atom. The number of amides is 1. The Kier molecular flexibility index (Phi) is 4.95. The van der Waals surface area contributed by atoms with E-state index in [0.29, 0.717) is 12.2 Å². The van der Waals surface area contributed by atoms with Crippen LogP contribution in [0.3, 0.4) is 0 Å². The van der Waals surface area contributed by atoms with E-state index >= 15 is 0 Å². The molecule has 2 aromatic rings. The van der Waals surface area contributed by atoms with Crippen molar-refractivity contribution in [2.45, 2.75) is 26.3 Å². The van der Waals surface area contributed by atoms with Crippen molar-refractivity contribution < 1.29 is 13.2 Å². The summed E-state index contributed by atoms with van der Waals surface area (Å²) in [5.41, 5.74) is 3.41. The van der Waals surface area contributed by atoms with Gasteiger partial charge < -0.3 is 10.2 Å². The lowest BCUT2D eigenvalue weighted by atomic mass is 10.1. The summed E-state index contributed by atoms with van der Waals surface area (Å²) < 4.78 is 23.3. The molecule has 0 spiro atoms. The Morgan fingerprint density at radius 2 is 2.04 bits per heavy atom. The maximum atomic E-state index is 12.7. The third-order valence-corrected chi connectivity index (χ3v) is 6.58. The van der Waals surface area contributed by atoms with Gasteiger partial charge in [-0.15, -0.1) is 0 Å². The van der Waals surface area contributed by atoms with E-state index in [1.165, 1.54) is 11.2 Å². The second kappa shape index (κ2) is 7.03. The molecule has 7 nitrogen and oxygen atoms in total. The molecule has 1 fully saturated rings. The van der Waals surface area contributed by atoms with Gasteiger partial charge in [-0.3, -0.25) is 4.79 Å². The number of nitrogens with one attached hydrogen (secondary N) is 1. The zero-order chi connectivity index (χ0) is 18.9. The number of anilines is 2. The van der Waals surface area contributed by atoms with Crippen LogP contribution in [0.5, 0.6) is 0 Å². The van der Waals surface area contributed by atoms with Crippen molar-refractivity contribution in [2.75, 3.05) is 23.9 Å². The van der Waals surface area contributed by atoms with Crippen LogP contribution >= 0.6 is 0 Å². The number of carbonyl (C=O) groups is 1. The SMILES string of the molecule is Cc1cccc(Nc2cc(C(=O)N(C)C3CCS(=O)(=O)C3)ncn2)c1C. The Balaban J connectivity index is 1.78. The van der Waals surface area contributed by atoms with Crippen molar-refractivity contribution in [3.63, 3.8) is 0 Å². The van der Waals surface area contributed by atoms with Gasteiger partial charge in [0.25, 0.3) is 5.91 Å². The van der Waals surface area contributed by atoms with Gasteiger partial charge in [-0.05, 0) is 37.5 Å². The number of hydrogen-bond donors (Lipinski definition) is 1. The molecule has 26 heavy (non-hydrogen) atoms. The normalized spacial score (nSPS) is 18.5. The molecular weight excluding hydrogens is 352 g/mol. The quantitative estimate of drug-likeness (QED) is 0.881. The van der Waals surface area contributed by atoms with Crippen LogP contribution in [0, 0.1) is 13.8 Å². The van der Waals surface area contributed by atoms with Gasteiger partial charge in [0.2, 0.25) is 0 Å². The van der Waals surface area contributed by atoms with E-state index in [2.05, 4.69) is 15.3 Å². The molecule has 138 valence electrons. The number of hydrogen-bond acceptors (Lipinski definition) is 6. The van der Waals surface area contributed by atoms with Gasteiger partial charge in [-0.2, -0.15) is 0 Å². The first-order chi connectivity index (χ1) is 12.3. The van der Waals surface area contributed by atoms with E-state index < -0.39 is 9.84 Å². The molecule has 1 unspecified atom stereocenters. The average Bonchev–Trinajstić information content (AvgIpc) is 2.98. The molecule has 1 N–H and O–H groups in total. The minimum absolute atomic E-state index is 0.00785. The summed E-state index contributed by atoms with van der Waals surface area (Å²) >= 11 is 0. The number of benzene rings is 1. The van der Waals surface area contributed by atoms with E-state index in [-0.39, 0.29) is 29.1 Å². The second-order valence-corrected chi connectivity index (χ2v) is 8.86. The molecule has 2 heterocycles. The van der Waals surface area contributed by atoms with Crippen molar-refractivity contribution in [2.24, 2.45) is 0 Å². The average molecular weight is 374 g/mol. The van der Waals surface area contributed by atoms with Crippen molar-refractivity contribution in [3.8, 4) is 0 Å². The molecule has 1 aromatic carbocycles. The number of sulfone groups is 1. The summed E-state index contributed by atoms with van der Waals surface area (Å²) in [6.07, 6.45) is 1.79. The first-order valence-corrected chi connectivity index (χ1v) is 10.2. The highest BCUT2D eigenvalue weighted by atomic mass is 32.2. The van der Waals surface area contributed by atoms with Crippen LogP contribution in [0.2, 0.25) is 0 Å². The third-order valence-electron chi connectivity index (χ3n) is 4.83. The van der Waals surface area contributed by atoms with Gasteiger partial charge in [0.05, 0.1) is 11.5 Å². The minimum Gasteiger partial charge on any atom is -0.340 e. The summed E-state index contributed by atoms with van der Waals surface area (Å²) in [6.45, 7) is 4.04. The van der Waals surface area contributed by atoms with Crippen molar-refractivity contribution in [3.05, 3.63) is 47.4 Å². The molecule has 0 radical (unpaired) electrons. The van der Waals surface area contributed by atoms with Crippen molar-refractivity contribution >= 4 is 27.2 Å². The second-order valence-electron chi connectivity index (χ2n) is 6.63. The summed E-state index contributed by atoms with van der Waals surface area (Å²) in [5.74, 6) is 0.342. The number of rotatable bonds is 4. The maximum Gasteiger partial charge on any atom is 0.272 e. The van der Waals surface area contributed by atoms with Crippen LogP contribution in [-0.4, -0.2) is 53.8 Å². The molecule has 0 bridgehead atoms. The van der Waals surface area contributed by atoms with Crippen molar-refractivity contribution in [1.82, 2.24) is 14.9 Å². The molecule has 8 heteroatoms. The minimum atomic E-state index is -3.05. The lowest BCUT2D eigenvalue weighted by molar-refractivity contribution is 0.0741. The molecule has 1 aliphatic rings. The molecule has 1 aliphatic heterocycles. The summed E-state index contributed by atoms with van der Waals surface area (Å²) in [7, 11) is -1.43. The van der Waals surface area contributed by atoms with Crippen LogP contribution < -0.4 is 5.32 Å². The highest BCUT2D eigenvalue weighted by molar-refractivity contribution is 7.91. The zero-order valence-corrected chi connectivity index (χ0v) is 15.9. The highest BCUT2D eigenvalue weighted by Gasteiger charge is 2.33. The van der Waals surface area contributed by atoms with Gasteiger partial charge in [-0.1, -0.05) is 12.1 Å². The van der Waals surface area contributed by atoms with Crippen molar-refractivity contribution in [1.29, 1.82) is 0 Å². The Labute approximate surface area is 153 Å². The Hall–Kier alpha value is -2.48. The maximum absolute atomic E-state index is 12.7. The molecule has 1 saturated heterocycles. The molecule has 0 aliphatic carbocycles. The lowest BCUT2D eigenvalue weighted by Gasteiger charge is -2.23. The van der Waals surface area contributed by atoms with Gasteiger partial charge in [0.1, 0.15) is 17.8 Å². The van der Waals surface area contributed by atoms with Crippen LogP contribution in [0.1, 0.15) is 28.0 Å². The van der Waals surface area contributed by atoms with Gasteiger partial charge in [-0.25, -0.2) is 18.4 Å². The van der Waals surface area contributed by atoms with E-state index in [9.17, 15) is 13.2 Å². The number of aromatic nitrogens is 2. The Bertz CT molecular complexity index is 943. The zero-order valence-electron chi connectivity index (χ0n) is 15.1. The van der Waals surface area contributed by atoms with Crippen LogP contribution in [-0.2, 0) is 9.84 Å². The fourth-order valence-corrected chi connectivity index (χ4v) is 4.77. The summed E-state index contributed by atoms with van der Waals surface area (Å²) in [4.78, 5) is 22.4. The molecule has 3 rings (SSSR count). The van der Waals surface area contributed by atoms with E-state index in [4.69, 9.17) is 0 Å². The van der Waals surface area contributed by atoms with Crippen LogP contribution in [0.4, 0.5) is 11.5 Å². The third kappa shape index (κ3) is 3.85. The first kappa shape index (κ1) is 18.3. The summed E-state index contributed by atoms with van der Waals surface area (Å²) in [6, 6.07) is 7.20. The van der Waals surface area contributed by atoms with Gasteiger partial charge in [0.15, 0.2) is 9.84 Å². The number of aryl methyl sites for hydroxylation is 1. The largest absolute Gasteiger partial charge is 0.340 e. The van der Waals surface area contributed by atoms with E-state index in [1.54, 1.807) is 13.1 Å². The molecule has 0 saturated carbocycles. The monoisotopic (exact) mass is 374 g/mol. The number of nitrogens with zero attached hydrogens (tertiary/aromatic N) is 3. The lowest BCUT2D eigenvalue weighted by Crippen LogP contribution is -2.38. The van der Waals surface area contributed by atoms with E-state index in [0.717, 1.165) is 16.8 Å². The molecule has 1 atom stereocenters. The molecule has 1 amide bonds. The van der Waals surface area contributed by atoms with E-state index in [1.807, 2.05) is 32.0 Å². The predicted molar refractivity (Wildman–Crippen MR) is 100 cm³/mol. The topological polar surface area (TPSA) is 92.3 Å². The summed E-state index contributed by atoms with van der Waals surface area (Å²) in [5, 5.41) is 3.21.